The Labute approximate surface area is 181 Å². The van der Waals surface area contributed by atoms with Gasteiger partial charge in [-0.2, -0.15) is 0 Å². The van der Waals surface area contributed by atoms with Crippen LogP contribution in [0.25, 0.3) is 0 Å². The molecule has 2 amide bonds. The average molecular weight is 431 g/mol. The fraction of sp³-hybridized carbons (Fsp3) is 0.409. The topological polar surface area (TPSA) is 85.9 Å². The van der Waals surface area contributed by atoms with E-state index in [2.05, 4.69) is 28.1 Å². The molecule has 2 unspecified atom stereocenters. The Kier molecular flexibility index (Phi) is 6.43. The number of amides is 2. The number of likely N-dealkylation sites (tertiary alicyclic amines) is 1. The summed E-state index contributed by atoms with van der Waals surface area (Å²) < 4.78 is 5.48. The number of fused-ring (bicyclic) bond motifs is 1. The molecule has 1 saturated heterocycles. The second kappa shape index (κ2) is 9.22. The van der Waals surface area contributed by atoms with Crippen molar-refractivity contribution in [1.29, 1.82) is 0 Å². The molecule has 2 aliphatic heterocycles. The van der Waals surface area contributed by atoms with Gasteiger partial charge in [0.15, 0.2) is 0 Å². The molecule has 4 rings (SSSR count). The number of aliphatic hydroxyl groups excluding tert-OH is 1. The number of carbonyl (C=O) groups is 1. The van der Waals surface area contributed by atoms with Crippen LogP contribution < -0.4 is 16.0 Å². The Morgan fingerprint density at radius 2 is 2.00 bits per heavy atom. The summed E-state index contributed by atoms with van der Waals surface area (Å²) in [4.78, 5) is 14.5. The standard InChI is InChI=1S/C22H27ClN4O3/c1-30-19-11-20(27(13-19)22(29)26-17-6-3-16(23)4-7-17)21(28)25-18-5-2-15-12-24-9-8-14(15)10-18/h2-7,10,19-21,24-25,28H,8-9,11-13H2,1H3,(H,26,29)/t19?,20-,21?/m1/s1. The first kappa shape index (κ1) is 20.9. The van der Waals surface area contributed by atoms with Gasteiger partial charge in [0, 0.05) is 43.0 Å². The highest BCUT2D eigenvalue weighted by atomic mass is 35.5. The van der Waals surface area contributed by atoms with E-state index < -0.39 is 12.3 Å². The van der Waals surface area contributed by atoms with Crippen molar-refractivity contribution in [2.75, 3.05) is 30.8 Å². The average Bonchev–Trinajstić information content (AvgIpc) is 3.20. The minimum absolute atomic E-state index is 0.128. The first-order valence-corrected chi connectivity index (χ1v) is 10.5. The summed E-state index contributed by atoms with van der Waals surface area (Å²) in [5, 5.41) is 20.9. The number of methoxy groups -OCH3 is 1. The number of urea groups is 1. The van der Waals surface area contributed by atoms with Crippen molar-refractivity contribution in [3.63, 3.8) is 0 Å². The zero-order valence-corrected chi connectivity index (χ0v) is 17.7. The highest BCUT2D eigenvalue weighted by Gasteiger charge is 2.39. The molecule has 7 nitrogen and oxygen atoms in total. The Morgan fingerprint density at radius 3 is 2.77 bits per heavy atom. The normalized spacial score (nSPS) is 21.8. The molecule has 2 aromatic rings. The fourth-order valence-corrected chi connectivity index (χ4v) is 4.22. The molecule has 4 N–H and O–H groups in total. The molecule has 3 atom stereocenters. The number of nitrogens with one attached hydrogen (secondary N) is 3. The number of hydrogen-bond donors (Lipinski definition) is 4. The minimum atomic E-state index is -0.916. The van der Waals surface area contributed by atoms with Crippen molar-refractivity contribution in [1.82, 2.24) is 10.2 Å². The molecule has 0 aromatic heterocycles. The first-order valence-electron chi connectivity index (χ1n) is 10.2. The molecule has 1 fully saturated rings. The van der Waals surface area contributed by atoms with E-state index in [0.717, 1.165) is 25.2 Å². The van der Waals surface area contributed by atoms with Crippen LogP contribution in [0.4, 0.5) is 16.2 Å². The number of anilines is 2. The van der Waals surface area contributed by atoms with Crippen LogP contribution >= 0.6 is 11.6 Å². The lowest BCUT2D eigenvalue weighted by atomic mass is 10.0. The molecule has 0 radical (unpaired) electrons. The maximum absolute atomic E-state index is 12.9. The fourth-order valence-electron chi connectivity index (χ4n) is 4.09. The molecule has 0 bridgehead atoms. The molecule has 2 heterocycles. The molecule has 160 valence electrons. The van der Waals surface area contributed by atoms with Gasteiger partial charge in [0.1, 0.15) is 6.23 Å². The monoisotopic (exact) mass is 430 g/mol. The van der Waals surface area contributed by atoms with Crippen LogP contribution in [-0.2, 0) is 17.7 Å². The summed E-state index contributed by atoms with van der Waals surface area (Å²) in [6, 6.07) is 12.4. The molecule has 2 aromatic carbocycles. The number of aliphatic hydroxyl groups is 1. The summed E-state index contributed by atoms with van der Waals surface area (Å²) in [5.41, 5.74) is 4.06. The number of hydrogen-bond acceptors (Lipinski definition) is 5. The molecule has 0 aliphatic carbocycles. The highest BCUT2D eigenvalue weighted by Crippen LogP contribution is 2.26. The molecule has 30 heavy (non-hydrogen) atoms. The molecule has 0 saturated carbocycles. The lowest BCUT2D eigenvalue weighted by molar-refractivity contribution is 0.104. The van der Waals surface area contributed by atoms with Crippen LogP contribution in [0.3, 0.4) is 0 Å². The summed E-state index contributed by atoms with van der Waals surface area (Å²) in [5.74, 6) is 0. The number of benzene rings is 2. The van der Waals surface area contributed by atoms with Gasteiger partial charge in [-0.1, -0.05) is 17.7 Å². The Hall–Kier alpha value is -2.32. The number of halogens is 1. The first-order chi connectivity index (χ1) is 14.5. The van der Waals surface area contributed by atoms with E-state index in [4.69, 9.17) is 16.3 Å². The number of ether oxygens (including phenoxy) is 1. The Morgan fingerprint density at radius 1 is 1.23 bits per heavy atom. The van der Waals surface area contributed by atoms with Crippen molar-refractivity contribution in [3.05, 3.63) is 58.6 Å². The third kappa shape index (κ3) is 4.70. The van der Waals surface area contributed by atoms with Crippen molar-refractivity contribution >= 4 is 29.0 Å². The second-order valence-corrected chi connectivity index (χ2v) is 8.19. The van der Waals surface area contributed by atoms with Gasteiger partial charge in [-0.25, -0.2) is 4.79 Å². The lowest BCUT2D eigenvalue weighted by Crippen LogP contribution is -2.47. The van der Waals surface area contributed by atoms with Gasteiger partial charge < -0.3 is 30.7 Å². The van der Waals surface area contributed by atoms with Crippen LogP contribution in [0, 0.1) is 0 Å². The smallest absolute Gasteiger partial charge is 0.322 e. The van der Waals surface area contributed by atoms with Gasteiger partial charge in [-0.3, -0.25) is 0 Å². The van der Waals surface area contributed by atoms with Crippen molar-refractivity contribution in [2.24, 2.45) is 0 Å². The van der Waals surface area contributed by atoms with E-state index in [1.165, 1.54) is 11.1 Å². The van der Waals surface area contributed by atoms with E-state index in [1.54, 1.807) is 36.3 Å². The predicted molar refractivity (Wildman–Crippen MR) is 118 cm³/mol. The van der Waals surface area contributed by atoms with Crippen molar-refractivity contribution < 1.29 is 14.6 Å². The van der Waals surface area contributed by atoms with Gasteiger partial charge in [-0.15, -0.1) is 0 Å². The van der Waals surface area contributed by atoms with Gasteiger partial charge in [0.25, 0.3) is 0 Å². The summed E-state index contributed by atoms with van der Waals surface area (Å²) >= 11 is 5.91. The zero-order chi connectivity index (χ0) is 21.1. The third-order valence-electron chi connectivity index (χ3n) is 5.77. The quantitative estimate of drug-likeness (QED) is 0.548. The number of carbonyl (C=O) groups excluding carboxylic acids is 1. The Balaban J connectivity index is 1.45. The molecule has 2 aliphatic rings. The molecule has 8 heteroatoms. The highest BCUT2D eigenvalue weighted by molar-refractivity contribution is 6.30. The number of rotatable bonds is 5. The second-order valence-electron chi connectivity index (χ2n) is 7.75. The van der Waals surface area contributed by atoms with Crippen LogP contribution in [-0.4, -0.2) is 54.6 Å². The van der Waals surface area contributed by atoms with E-state index in [9.17, 15) is 9.90 Å². The number of nitrogens with zero attached hydrogens (tertiary/aromatic N) is 1. The van der Waals surface area contributed by atoms with E-state index in [-0.39, 0.29) is 12.1 Å². The van der Waals surface area contributed by atoms with Crippen molar-refractivity contribution in [2.45, 2.75) is 37.8 Å². The van der Waals surface area contributed by atoms with E-state index in [1.807, 2.05) is 6.07 Å². The van der Waals surface area contributed by atoms with Gasteiger partial charge in [0.05, 0.1) is 12.1 Å². The zero-order valence-electron chi connectivity index (χ0n) is 16.9. The van der Waals surface area contributed by atoms with Gasteiger partial charge in [-0.05, 0) is 60.5 Å². The largest absolute Gasteiger partial charge is 0.380 e. The lowest BCUT2D eigenvalue weighted by Gasteiger charge is -2.29. The third-order valence-corrected chi connectivity index (χ3v) is 6.02. The molecular formula is C22H27ClN4O3. The SMILES string of the molecule is COC1C[C@H](C(O)Nc2ccc3c(c2)CCNC3)N(C(=O)Nc2ccc(Cl)cc2)C1. The minimum Gasteiger partial charge on any atom is -0.380 e. The van der Waals surface area contributed by atoms with Crippen LogP contribution in [0.5, 0.6) is 0 Å². The van der Waals surface area contributed by atoms with Crippen molar-refractivity contribution in [3.8, 4) is 0 Å². The summed E-state index contributed by atoms with van der Waals surface area (Å²) in [6.45, 7) is 2.24. The van der Waals surface area contributed by atoms with Crippen LogP contribution in [0.1, 0.15) is 17.5 Å². The molecular weight excluding hydrogens is 404 g/mol. The molecule has 0 spiro atoms. The van der Waals surface area contributed by atoms with Crippen LogP contribution in [0.2, 0.25) is 5.02 Å². The Bertz CT molecular complexity index is 892. The van der Waals surface area contributed by atoms with Gasteiger partial charge >= 0.3 is 6.03 Å². The van der Waals surface area contributed by atoms with Gasteiger partial charge in [0.2, 0.25) is 0 Å². The summed E-state index contributed by atoms with van der Waals surface area (Å²) in [7, 11) is 1.62. The van der Waals surface area contributed by atoms with Crippen LogP contribution in [0.15, 0.2) is 42.5 Å². The summed E-state index contributed by atoms with van der Waals surface area (Å²) in [6.07, 6.45) is 0.470. The van der Waals surface area contributed by atoms with E-state index in [0.29, 0.717) is 23.7 Å². The maximum atomic E-state index is 12.9. The van der Waals surface area contributed by atoms with E-state index >= 15 is 0 Å². The predicted octanol–water partition coefficient (Wildman–Crippen LogP) is 3.04. The maximum Gasteiger partial charge on any atom is 0.322 e.